The van der Waals surface area contributed by atoms with E-state index in [1.165, 1.54) is 5.56 Å². The van der Waals surface area contributed by atoms with Crippen molar-refractivity contribution in [3.05, 3.63) is 64.9 Å². The van der Waals surface area contributed by atoms with Gasteiger partial charge in [0.25, 0.3) is 11.8 Å². The van der Waals surface area contributed by atoms with Gasteiger partial charge >= 0.3 is 0 Å². The Morgan fingerprint density at radius 2 is 1.68 bits per heavy atom. The van der Waals surface area contributed by atoms with E-state index in [1.54, 1.807) is 10.7 Å². The lowest BCUT2D eigenvalue weighted by molar-refractivity contribution is 0.234. The van der Waals surface area contributed by atoms with Gasteiger partial charge in [-0.1, -0.05) is 50.2 Å². The van der Waals surface area contributed by atoms with E-state index in [0.717, 1.165) is 22.6 Å². The van der Waals surface area contributed by atoms with Crippen molar-refractivity contribution >= 4 is 0 Å². The van der Waals surface area contributed by atoms with Gasteiger partial charge in [0.1, 0.15) is 0 Å². The number of aryl methyl sites for hydroxylation is 3. The molecule has 0 unspecified atom stereocenters. The van der Waals surface area contributed by atoms with E-state index >= 15 is 0 Å². The average molecular weight is 419 g/mol. The van der Waals surface area contributed by atoms with Crippen molar-refractivity contribution < 1.29 is 9.26 Å². The Balaban J connectivity index is 1.48. The molecule has 0 atom stereocenters. The van der Waals surface area contributed by atoms with Crippen LogP contribution in [0.25, 0.3) is 17.3 Å². The molecule has 4 rings (SSSR count). The zero-order chi connectivity index (χ0) is 22.2. The van der Waals surface area contributed by atoms with Crippen molar-refractivity contribution in [2.75, 3.05) is 0 Å². The van der Waals surface area contributed by atoms with Crippen molar-refractivity contribution in [1.82, 2.24) is 29.9 Å². The summed E-state index contributed by atoms with van der Waals surface area (Å²) in [7, 11) is 0. The van der Waals surface area contributed by atoms with Crippen molar-refractivity contribution in [3.63, 3.8) is 0 Å². The fourth-order valence-electron chi connectivity index (χ4n) is 3.21. The molecule has 0 amide bonds. The van der Waals surface area contributed by atoms with Crippen LogP contribution in [0.15, 0.2) is 40.9 Å². The molecule has 160 valence electrons. The van der Waals surface area contributed by atoms with Gasteiger partial charge in [-0.25, -0.2) is 9.67 Å². The van der Waals surface area contributed by atoms with Crippen LogP contribution in [-0.2, 0) is 12.0 Å². The van der Waals surface area contributed by atoms with E-state index < -0.39 is 0 Å². The summed E-state index contributed by atoms with van der Waals surface area (Å²) in [5.74, 6) is 1.79. The van der Waals surface area contributed by atoms with Gasteiger partial charge in [0.15, 0.2) is 6.61 Å². The third-order valence-corrected chi connectivity index (χ3v) is 4.84. The Bertz CT molecular complexity index is 1200. The molecule has 0 spiro atoms. The Morgan fingerprint density at radius 1 is 0.935 bits per heavy atom. The van der Waals surface area contributed by atoms with E-state index in [0.29, 0.717) is 23.5 Å². The Labute approximate surface area is 181 Å². The van der Waals surface area contributed by atoms with Gasteiger partial charge in [0, 0.05) is 23.0 Å². The zero-order valence-electron chi connectivity index (χ0n) is 18.7. The van der Waals surface area contributed by atoms with E-state index in [-0.39, 0.29) is 12.0 Å². The highest BCUT2D eigenvalue weighted by Crippen LogP contribution is 2.25. The molecule has 4 aromatic rings. The smallest absolute Gasteiger partial charge is 0.264 e. The van der Waals surface area contributed by atoms with Crippen LogP contribution in [0.3, 0.4) is 0 Å². The molecular weight excluding hydrogens is 392 g/mol. The second-order valence-corrected chi connectivity index (χ2v) is 8.61. The third-order valence-electron chi connectivity index (χ3n) is 4.84. The maximum Gasteiger partial charge on any atom is 0.264 e. The van der Waals surface area contributed by atoms with E-state index in [2.05, 4.69) is 58.1 Å². The molecular formula is C23H26N6O2. The second-order valence-electron chi connectivity index (χ2n) is 8.61. The molecule has 0 radical (unpaired) electrons. The molecule has 0 aliphatic heterocycles. The predicted octanol–water partition coefficient (Wildman–Crippen LogP) is 4.51. The van der Waals surface area contributed by atoms with E-state index in [9.17, 15) is 0 Å². The number of nitrogens with zero attached hydrogens (tertiary/aromatic N) is 6. The van der Waals surface area contributed by atoms with Gasteiger partial charge in [-0.05, 0) is 37.8 Å². The van der Waals surface area contributed by atoms with Gasteiger partial charge < -0.3 is 9.26 Å². The number of benzene rings is 1. The Kier molecular flexibility index (Phi) is 5.31. The van der Waals surface area contributed by atoms with Gasteiger partial charge in [-0.2, -0.15) is 15.1 Å². The first-order valence-corrected chi connectivity index (χ1v) is 10.1. The molecule has 0 saturated carbocycles. The quantitative estimate of drug-likeness (QED) is 0.471. The van der Waals surface area contributed by atoms with Crippen LogP contribution in [0, 0.1) is 20.8 Å². The van der Waals surface area contributed by atoms with Crippen molar-refractivity contribution in [2.45, 2.75) is 53.6 Å². The summed E-state index contributed by atoms with van der Waals surface area (Å²) in [6.07, 6.45) is 0. The molecule has 31 heavy (non-hydrogen) atoms. The second kappa shape index (κ2) is 7.94. The van der Waals surface area contributed by atoms with Gasteiger partial charge in [-0.15, -0.1) is 0 Å². The highest BCUT2D eigenvalue weighted by atomic mass is 16.5. The lowest BCUT2D eigenvalue weighted by Crippen LogP contribution is -2.10. The van der Waals surface area contributed by atoms with Crippen LogP contribution in [0.2, 0.25) is 0 Å². The number of rotatable bonds is 5. The zero-order valence-corrected chi connectivity index (χ0v) is 18.7. The van der Waals surface area contributed by atoms with Gasteiger partial charge in [0.05, 0.1) is 5.69 Å². The van der Waals surface area contributed by atoms with Crippen LogP contribution >= 0.6 is 0 Å². The predicted molar refractivity (Wildman–Crippen MR) is 116 cm³/mol. The van der Waals surface area contributed by atoms with Crippen LogP contribution < -0.4 is 4.74 Å². The molecule has 0 aliphatic rings. The maximum atomic E-state index is 5.81. The van der Waals surface area contributed by atoms with Crippen LogP contribution in [0.4, 0.5) is 0 Å². The minimum atomic E-state index is 0.0940. The monoisotopic (exact) mass is 418 g/mol. The minimum absolute atomic E-state index is 0.0940. The molecule has 0 aliphatic carbocycles. The highest BCUT2D eigenvalue weighted by Gasteiger charge is 2.15. The molecule has 1 aromatic carbocycles. The molecule has 0 N–H and O–H groups in total. The molecule has 0 saturated heterocycles. The molecule has 8 nitrogen and oxygen atoms in total. The summed E-state index contributed by atoms with van der Waals surface area (Å²) in [6, 6.07) is 11.9. The molecule has 0 fully saturated rings. The lowest BCUT2D eigenvalue weighted by atomic mass is 9.87. The fourth-order valence-corrected chi connectivity index (χ4v) is 3.21. The number of hydrogen-bond acceptors (Lipinski definition) is 7. The van der Waals surface area contributed by atoms with Crippen LogP contribution in [-0.4, -0.2) is 29.9 Å². The van der Waals surface area contributed by atoms with Crippen molar-refractivity contribution in [3.8, 4) is 23.2 Å². The van der Waals surface area contributed by atoms with Gasteiger partial charge in [-0.3, -0.25) is 0 Å². The minimum Gasteiger partial charge on any atom is -0.467 e. The highest BCUT2D eigenvalue weighted by molar-refractivity contribution is 5.55. The van der Waals surface area contributed by atoms with Crippen LogP contribution in [0.5, 0.6) is 5.88 Å². The first-order chi connectivity index (χ1) is 14.7. The third kappa shape index (κ3) is 4.63. The Morgan fingerprint density at radius 3 is 2.32 bits per heavy atom. The molecule has 3 aromatic heterocycles. The van der Waals surface area contributed by atoms with Crippen molar-refractivity contribution in [2.24, 2.45) is 0 Å². The molecule has 8 heteroatoms. The first-order valence-electron chi connectivity index (χ1n) is 10.1. The van der Waals surface area contributed by atoms with E-state index in [4.69, 9.17) is 9.26 Å². The molecule has 3 heterocycles. The summed E-state index contributed by atoms with van der Waals surface area (Å²) >= 11 is 0. The summed E-state index contributed by atoms with van der Waals surface area (Å²) in [5, 5.41) is 8.51. The lowest BCUT2D eigenvalue weighted by Gasteiger charge is -2.18. The van der Waals surface area contributed by atoms with Crippen LogP contribution in [0.1, 0.15) is 49.3 Å². The SMILES string of the molecule is Cc1cc(OCc2nc(-c3ccc(C(C)(C)C)cc3)no2)nc(-n2nc(C)cc2C)n1. The Hall–Kier alpha value is -3.55. The summed E-state index contributed by atoms with van der Waals surface area (Å²) in [5.41, 5.74) is 4.87. The largest absolute Gasteiger partial charge is 0.467 e. The fraction of sp³-hybridized carbons (Fsp3) is 0.348. The maximum absolute atomic E-state index is 5.81. The summed E-state index contributed by atoms with van der Waals surface area (Å²) in [4.78, 5) is 13.4. The van der Waals surface area contributed by atoms with E-state index in [1.807, 2.05) is 39.0 Å². The topological polar surface area (TPSA) is 91.8 Å². The normalized spacial score (nSPS) is 11.7. The average Bonchev–Trinajstić information content (AvgIpc) is 3.31. The summed E-state index contributed by atoms with van der Waals surface area (Å²) < 4.78 is 12.9. The first kappa shape index (κ1) is 20.7. The number of ether oxygens (including phenoxy) is 1. The number of hydrogen-bond donors (Lipinski definition) is 0. The standard InChI is InChI=1S/C23H26N6O2/c1-14-12-19(26-22(24-14)29-16(3)11-15(2)27-29)30-13-20-25-21(28-31-20)17-7-9-18(10-8-17)23(4,5)6/h7-12H,13H2,1-6H3. The van der Waals surface area contributed by atoms with Gasteiger partial charge in [0.2, 0.25) is 11.7 Å². The number of aromatic nitrogens is 6. The van der Waals surface area contributed by atoms with Crippen molar-refractivity contribution in [1.29, 1.82) is 0 Å². The summed E-state index contributed by atoms with van der Waals surface area (Å²) in [6.45, 7) is 12.4. The molecule has 0 bridgehead atoms.